The van der Waals surface area contributed by atoms with E-state index in [0.717, 1.165) is 24.0 Å². The Morgan fingerprint density at radius 1 is 1.21 bits per heavy atom. The molecule has 1 atom stereocenters. The van der Waals surface area contributed by atoms with Gasteiger partial charge in [0.2, 0.25) is 0 Å². The second-order valence-electron chi connectivity index (χ2n) is 4.67. The molecule has 0 radical (unpaired) electrons. The highest BCUT2D eigenvalue weighted by Crippen LogP contribution is 2.29. The molecule has 0 bridgehead atoms. The number of hydrogen-bond acceptors (Lipinski definition) is 5. The molecular formula is C14H12N2O3. The van der Waals surface area contributed by atoms with Crippen LogP contribution < -0.4 is 0 Å². The van der Waals surface area contributed by atoms with Gasteiger partial charge in [-0.25, -0.2) is 0 Å². The van der Waals surface area contributed by atoms with E-state index in [-0.39, 0.29) is 5.92 Å². The molecular weight excluding hydrogens is 244 g/mol. The number of para-hydroxylation sites is 1. The van der Waals surface area contributed by atoms with Crippen LogP contribution in [0.1, 0.15) is 18.2 Å². The SMILES string of the molecule is c1ccc2oc(-c3nc([C@H]4CCOC4)no3)cc2c1. The first kappa shape index (κ1) is 10.8. The molecule has 1 fully saturated rings. The van der Waals surface area contributed by atoms with Gasteiger partial charge in [-0.3, -0.25) is 0 Å². The lowest BCUT2D eigenvalue weighted by Gasteiger charge is -1.97. The Bertz CT molecular complexity index is 677. The van der Waals surface area contributed by atoms with Crippen LogP contribution in [0, 0.1) is 0 Å². The van der Waals surface area contributed by atoms with Gasteiger partial charge in [-0.1, -0.05) is 23.4 Å². The van der Waals surface area contributed by atoms with E-state index in [1.807, 2.05) is 30.3 Å². The first-order valence-electron chi connectivity index (χ1n) is 6.30. The fourth-order valence-corrected chi connectivity index (χ4v) is 2.33. The predicted octanol–water partition coefficient (Wildman–Crippen LogP) is 2.99. The number of rotatable bonds is 2. The van der Waals surface area contributed by atoms with E-state index in [9.17, 15) is 0 Å². The van der Waals surface area contributed by atoms with Crippen molar-refractivity contribution in [3.05, 3.63) is 36.2 Å². The number of benzene rings is 1. The molecule has 0 saturated carbocycles. The molecule has 1 aromatic carbocycles. The Kier molecular flexibility index (Phi) is 2.38. The van der Waals surface area contributed by atoms with E-state index >= 15 is 0 Å². The number of furan rings is 1. The summed E-state index contributed by atoms with van der Waals surface area (Å²) < 4.78 is 16.3. The van der Waals surface area contributed by atoms with Gasteiger partial charge in [0.15, 0.2) is 11.6 Å². The number of fused-ring (bicyclic) bond motifs is 1. The van der Waals surface area contributed by atoms with Crippen molar-refractivity contribution in [1.82, 2.24) is 10.1 Å². The summed E-state index contributed by atoms with van der Waals surface area (Å²) in [6.07, 6.45) is 0.944. The standard InChI is InChI=1S/C14H12N2O3/c1-2-4-11-9(3-1)7-12(18-11)14-15-13(16-19-14)10-5-6-17-8-10/h1-4,7,10H,5-6,8H2/t10-/m0/s1. The lowest BCUT2D eigenvalue weighted by atomic mass is 10.1. The first-order valence-corrected chi connectivity index (χ1v) is 6.30. The molecule has 1 saturated heterocycles. The van der Waals surface area contributed by atoms with Crippen LogP contribution in [0.5, 0.6) is 0 Å². The zero-order chi connectivity index (χ0) is 12.7. The minimum Gasteiger partial charge on any atom is -0.451 e. The highest BCUT2D eigenvalue weighted by molar-refractivity contribution is 5.81. The van der Waals surface area contributed by atoms with Crippen molar-refractivity contribution >= 4 is 11.0 Å². The van der Waals surface area contributed by atoms with Crippen molar-refractivity contribution in [3.8, 4) is 11.7 Å². The zero-order valence-corrected chi connectivity index (χ0v) is 10.2. The summed E-state index contributed by atoms with van der Waals surface area (Å²) in [5.74, 6) is 1.98. The maximum atomic E-state index is 5.70. The molecule has 3 aromatic rings. The van der Waals surface area contributed by atoms with Gasteiger partial charge < -0.3 is 13.7 Å². The van der Waals surface area contributed by atoms with Gasteiger partial charge in [-0.15, -0.1) is 0 Å². The van der Waals surface area contributed by atoms with E-state index in [2.05, 4.69) is 10.1 Å². The Morgan fingerprint density at radius 3 is 3.00 bits per heavy atom. The maximum absolute atomic E-state index is 5.70. The minimum absolute atomic E-state index is 0.238. The van der Waals surface area contributed by atoms with Crippen LogP contribution in [0.2, 0.25) is 0 Å². The van der Waals surface area contributed by atoms with Crippen molar-refractivity contribution in [2.45, 2.75) is 12.3 Å². The van der Waals surface area contributed by atoms with Crippen LogP contribution in [0.25, 0.3) is 22.6 Å². The number of nitrogens with zero attached hydrogens (tertiary/aromatic N) is 2. The number of hydrogen-bond donors (Lipinski definition) is 0. The second-order valence-corrected chi connectivity index (χ2v) is 4.67. The van der Waals surface area contributed by atoms with E-state index < -0.39 is 0 Å². The largest absolute Gasteiger partial charge is 0.451 e. The van der Waals surface area contributed by atoms with Gasteiger partial charge >= 0.3 is 0 Å². The van der Waals surface area contributed by atoms with Crippen LogP contribution in [-0.4, -0.2) is 23.4 Å². The van der Waals surface area contributed by atoms with E-state index in [1.165, 1.54) is 0 Å². The zero-order valence-electron chi connectivity index (χ0n) is 10.2. The predicted molar refractivity (Wildman–Crippen MR) is 67.7 cm³/mol. The van der Waals surface area contributed by atoms with Crippen molar-refractivity contribution in [3.63, 3.8) is 0 Å². The Labute approximate surface area is 109 Å². The quantitative estimate of drug-likeness (QED) is 0.705. The molecule has 96 valence electrons. The molecule has 2 aromatic heterocycles. The van der Waals surface area contributed by atoms with Gasteiger partial charge in [0.25, 0.3) is 5.89 Å². The summed E-state index contributed by atoms with van der Waals surface area (Å²) in [6.45, 7) is 1.43. The summed E-state index contributed by atoms with van der Waals surface area (Å²) in [7, 11) is 0. The lowest BCUT2D eigenvalue weighted by Crippen LogP contribution is -1.99. The summed E-state index contributed by atoms with van der Waals surface area (Å²) >= 11 is 0. The number of ether oxygens (including phenoxy) is 1. The molecule has 0 spiro atoms. The van der Waals surface area contributed by atoms with Gasteiger partial charge in [0.1, 0.15) is 5.58 Å². The van der Waals surface area contributed by atoms with E-state index in [4.69, 9.17) is 13.7 Å². The smallest absolute Gasteiger partial charge is 0.293 e. The Morgan fingerprint density at radius 2 is 2.16 bits per heavy atom. The molecule has 0 aliphatic carbocycles. The van der Waals surface area contributed by atoms with Crippen LogP contribution in [-0.2, 0) is 4.74 Å². The molecule has 0 N–H and O–H groups in total. The van der Waals surface area contributed by atoms with Crippen LogP contribution >= 0.6 is 0 Å². The van der Waals surface area contributed by atoms with Crippen LogP contribution in [0.15, 0.2) is 39.3 Å². The third-order valence-electron chi connectivity index (χ3n) is 3.37. The lowest BCUT2D eigenvalue weighted by molar-refractivity contribution is 0.192. The molecule has 1 aliphatic heterocycles. The van der Waals surface area contributed by atoms with Gasteiger partial charge in [-0.05, 0) is 18.6 Å². The molecule has 0 unspecified atom stereocenters. The summed E-state index contributed by atoms with van der Waals surface area (Å²) in [4.78, 5) is 4.41. The van der Waals surface area contributed by atoms with Gasteiger partial charge in [0, 0.05) is 17.9 Å². The monoisotopic (exact) mass is 256 g/mol. The van der Waals surface area contributed by atoms with Gasteiger partial charge in [0.05, 0.1) is 6.61 Å². The molecule has 3 heterocycles. The average molecular weight is 256 g/mol. The number of aromatic nitrogens is 2. The molecule has 1 aliphatic rings. The molecule has 4 rings (SSSR count). The van der Waals surface area contributed by atoms with Crippen molar-refractivity contribution in [2.24, 2.45) is 0 Å². The maximum Gasteiger partial charge on any atom is 0.293 e. The van der Waals surface area contributed by atoms with Crippen LogP contribution in [0.3, 0.4) is 0 Å². The van der Waals surface area contributed by atoms with Crippen molar-refractivity contribution < 1.29 is 13.7 Å². The van der Waals surface area contributed by atoms with Crippen LogP contribution in [0.4, 0.5) is 0 Å². The highest BCUT2D eigenvalue weighted by atomic mass is 16.5. The topological polar surface area (TPSA) is 61.3 Å². The highest BCUT2D eigenvalue weighted by Gasteiger charge is 2.24. The third kappa shape index (κ3) is 1.82. The van der Waals surface area contributed by atoms with E-state index in [0.29, 0.717) is 24.1 Å². The summed E-state index contributed by atoms with van der Waals surface area (Å²) in [5, 5.41) is 5.05. The summed E-state index contributed by atoms with van der Waals surface area (Å²) in [6, 6.07) is 9.73. The average Bonchev–Trinajstić information content (AvgIpc) is 3.17. The van der Waals surface area contributed by atoms with Crippen molar-refractivity contribution in [2.75, 3.05) is 13.2 Å². The molecule has 5 heteroatoms. The normalized spacial score (nSPS) is 19.3. The fourth-order valence-electron chi connectivity index (χ4n) is 2.33. The first-order chi connectivity index (χ1) is 9.40. The second kappa shape index (κ2) is 4.20. The van der Waals surface area contributed by atoms with E-state index in [1.54, 1.807) is 0 Å². The Hall–Kier alpha value is -2.14. The fraction of sp³-hybridized carbons (Fsp3) is 0.286. The minimum atomic E-state index is 0.238. The molecule has 0 amide bonds. The molecule has 19 heavy (non-hydrogen) atoms. The molecule has 5 nitrogen and oxygen atoms in total. The van der Waals surface area contributed by atoms with Gasteiger partial charge in [-0.2, -0.15) is 4.98 Å². The third-order valence-corrected chi connectivity index (χ3v) is 3.37. The van der Waals surface area contributed by atoms with Crippen molar-refractivity contribution in [1.29, 1.82) is 0 Å². The Balaban J connectivity index is 1.71. The summed E-state index contributed by atoms with van der Waals surface area (Å²) in [5.41, 5.74) is 0.821.